The number of pyridine rings is 1. The number of aliphatic imine (C=N–C) groups is 1. The van der Waals surface area contributed by atoms with Crippen molar-refractivity contribution in [3.63, 3.8) is 0 Å². The number of aromatic nitrogens is 1. The lowest BCUT2D eigenvalue weighted by Gasteiger charge is -2.15. The van der Waals surface area contributed by atoms with E-state index in [0.29, 0.717) is 5.56 Å². The van der Waals surface area contributed by atoms with Crippen LogP contribution in [0, 0.1) is 11.5 Å². The van der Waals surface area contributed by atoms with Gasteiger partial charge in [-0.15, -0.1) is 0 Å². The Balaban J connectivity index is 1.44. The number of nitriles is 1. The van der Waals surface area contributed by atoms with E-state index in [1.807, 2.05) is 6.19 Å². The Morgan fingerprint density at radius 1 is 0.971 bits per heavy atom. The van der Waals surface area contributed by atoms with E-state index in [1.165, 1.54) is 24.3 Å². The maximum Gasteiger partial charge on any atom is 0.253 e. The van der Waals surface area contributed by atoms with Gasteiger partial charge in [-0.2, -0.15) is 5.26 Å². The topological polar surface area (TPSA) is 128 Å². The van der Waals surface area contributed by atoms with Crippen LogP contribution in [0.15, 0.2) is 87.8 Å². The molecule has 1 amide bonds. The molecule has 9 nitrogen and oxygen atoms in total. The Bertz CT molecular complexity index is 1340. The predicted octanol–water partition coefficient (Wildman–Crippen LogP) is 3.19. The first-order valence-corrected chi connectivity index (χ1v) is 12.6. The van der Waals surface area contributed by atoms with Crippen LogP contribution in [-0.2, 0) is 16.4 Å². The number of amides is 1. The molecule has 1 aliphatic rings. The first-order valence-electron chi connectivity index (χ1n) is 11.1. The Morgan fingerprint density at radius 2 is 1.57 bits per heavy atom. The third-order valence-electron chi connectivity index (χ3n) is 5.58. The van der Waals surface area contributed by atoms with Crippen LogP contribution >= 0.6 is 0 Å². The molecule has 0 spiro atoms. The molecule has 1 fully saturated rings. The van der Waals surface area contributed by atoms with E-state index in [-0.39, 0.29) is 28.2 Å². The number of carbonyl (C=O) groups is 1. The smallest absolute Gasteiger partial charge is 0.253 e. The standard InChI is InChI=1S/C25H24N6O3S/c26-18-29-25(30-21-11-13-27-14-12-21)28-17-19-3-7-22(8-4-19)35(33,34)23-9-5-20(6-10-23)24(32)31-15-1-2-16-31/h3-14H,1-2,15-17H2,(H2,27,28,29,30). The van der Waals surface area contributed by atoms with Crippen LogP contribution in [0.5, 0.6) is 0 Å². The van der Waals surface area contributed by atoms with Gasteiger partial charge in [0.15, 0.2) is 6.19 Å². The van der Waals surface area contributed by atoms with Crippen molar-refractivity contribution in [3.05, 3.63) is 84.2 Å². The van der Waals surface area contributed by atoms with Gasteiger partial charge in [0, 0.05) is 36.7 Å². The summed E-state index contributed by atoms with van der Waals surface area (Å²) in [4.78, 5) is 22.9. The molecular weight excluding hydrogens is 464 g/mol. The number of anilines is 1. The monoisotopic (exact) mass is 488 g/mol. The lowest BCUT2D eigenvalue weighted by Crippen LogP contribution is -2.27. The minimum Gasteiger partial charge on any atom is -0.339 e. The summed E-state index contributed by atoms with van der Waals surface area (Å²) in [5.41, 5.74) is 1.97. The van der Waals surface area contributed by atoms with Gasteiger partial charge in [-0.3, -0.25) is 15.1 Å². The molecular formula is C25H24N6O3S. The summed E-state index contributed by atoms with van der Waals surface area (Å²) in [7, 11) is -3.73. The third-order valence-corrected chi connectivity index (χ3v) is 7.36. The molecule has 0 saturated carbocycles. The van der Waals surface area contributed by atoms with Gasteiger partial charge in [-0.1, -0.05) is 12.1 Å². The number of nitrogens with one attached hydrogen (secondary N) is 2. The lowest BCUT2D eigenvalue weighted by molar-refractivity contribution is 0.0792. The summed E-state index contributed by atoms with van der Waals surface area (Å²) in [6.07, 6.45) is 7.06. The van der Waals surface area contributed by atoms with E-state index in [2.05, 4.69) is 20.6 Å². The molecule has 0 atom stereocenters. The molecule has 0 radical (unpaired) electrons. The summed E-state index contributed by atoms with van der Waals surface area (Å²) in [5, 5.41) is 14.4. The highest BCUT2D eigenvalue weighted by molar-refractivity contribution is 7.91. The van der Waals surface area contributed by atoms with Crippen LogP contribution in [0.25, 0.3) is 0 Å². The lowest BCUT2D eigenvalue weighted by atomic mass is 10.2. The van der Waals surface area contributed by atoms with Crippen LogP contribution in [0.3, 0.4) is 0 Å². The number of hydrogen-bond donors (Lipinski definition) is 2. The van der Waals surface area contributed by atoms with Gasteiger partial charge in [0.2, 0.25) is 15.8 Å². The Morgan fingerprint density at radius 3 is 2.17 bits per heavy atom. The fourth-order valence-corrected chi connectivity index (χ4v) is 4.96. The molecule has 4 rings (SSSR count). The third kappa shape index (κ3) is 5.83. The van der Waals surface area contributed by atoms with Crippen molar-refractivity contribution < 1.29 is 13.2 Å². The Hall–Kier alpha value is -4.23. The number of carbonyl (C=O) groups excluding carboxylic acids is 1. The molecule has 2 heterocycles. The van der Waals surface area contributed by atoms with Crippen molar-refractivity contribution in [1.29, 1.82) is 5.26 Å². The highest BCUT2D eigenvalue weighted by atomic mass is 32.2. The minimum absolute atomic E-state index is 0.0694. The largest absolute Gasteiger partial charge is 0.339 e. The normalized spacial score (nSPS) is 13.8. The van der Waals surface area contributed by atoms with Gasteiger partial charge in [0.25, 0.3) is 5.91 Å². The van der Waals surface area contributed by atoms with E-state index in [1.54, 1.807) is 53.7 Å². The summed E-state index contributed by atoms with van der Waals surface area (Å²) < 4.78 is 26.1. The molecule has 0 unspecified atom stereocenters. The Kier molecular flexibility index (Phi) is 7.38. The minimum atomic E-state index is -3.73. The average Bonchev–Trinajstić information content (AvgIpc) is 3.43. The fourth-order valence-electron chi connectivity index (χ4n) is 3.70. The predicted molar refractivity (Wildman–Crippen MR) is 131 cm³/mol. The summed E-state index contributed by atoms with van der Waals surface area (Å²) in [6.45, 7) is 1.71. The van der Waals surface area contributed by atoms with Crippen molar-refractivity contribution in [3.8, 4) is 6.19 Å². The zero-order valence-electron chi connectivity index (χ0n) is 18.9. The summed E-state index contributed by atoms with van der Waals surface area (Å²) in [6, 6.07) is 16.0. The number of guanidine groups is 1. The van der Waals surface area contributed by atoms with Gasteiger partial charge < -0.3 is 10.2 Å². The van der Waals surface area contributed by atoms with Crippen molar-refractivity contribution in [2.24, 2.45) is 4.99 Å². The number of nitrogens with zero attached hydrogens (tertiary/aromatic N) is 4. The molecule has 0 aliphatic carbocycles. The highest BCUT2D eigenvalue weighted by Gasteiger charge is 2.21. The number of rotatable bonds is 6. The number of sulfone groups is 1. The van der Waals surface area contributed by atoms with Gasteiger partial charge in [0.05, 0.1) is 16.3 Å². The maximum absolute atomic E-state index is 13.1. The molecule has 35 heavy (non-hydrogen) atoms. The van der Waals surface area contributed by atoms with Gasteiger partial charge in [-0.25, -0.2) is 13.4 Å². The second-order valence-electron chi connectivity index (χ2n) is 7.93. The second-order valence-corrected chi connectivity index (χ2v) is 9.88. The SMILES string of the molecule is N#CNC(=NCc1ccc(S(=O)(=O)c2ccc(C(=O)N3CCCC3)cc2)cc1)Nc1ccncc1. The zero-order valence-corrected chi connectivity index (χ0v) is 19.7. The van der Waals surface area contributed by atoms with Crippen LogP contribution in [0.1, 0.15) is 28.8 Å². The second kappa shape index (κ2) is 10.8. The number of benzene rings is 2. The molecule has 1 aromatic heterocycles. The quantitative estimate of drug-likeness (QED) is 0.236. The molecule has 2 N–H and O–H groups in total. The van der Waals surface area contributed by atoms with E-state index >= 15 is 0 Å². The molecule has 3 aromatic rings. The molecule has 2 aromatic carbocycles. The van der Waals surface area contributed by atoms with Crippen molar-refractivity contribution >= 4 is 27.4 Å². The molecule has 1 saturated heterocycles. The molecule has 0 bridgehead atoms. The molecule has 178 valence electrons. The average molecular weight is 489 g/mol. The first-order chi connectivity index (χ1) is 17.0. The van der Waals surface area contributed by atoms with Gasteiger partial charge in [-0.05, 0) is 66.9 Å². The Labute approximate surface area is 204 Å². The van der Waals surface area contributed by atoms with Gasteiger partial charge in [0.1, 0.15) is 0 Å². The van der Waals surface area contributed by atoms with Crippen molar-refractivity contribution in [2.45, 2.75) is 29.2 Å². The van der Waals surface area contributed by atoms with Crippen LogP contribution in [0.4, 0.5) is 5.69 Å². The maximum atomic E-state index is 13.1. The van der Waals surface area contributed by atoms with E-state index in [9.17, 15) is 13.2 Å². The number of hydrogen-bond acceptors (Lipinski definition) is 6. The fraction of sp³-hybridized carbons (Fsp3) is 0.200. The van der Waals surface area contributed by atoms with E-state index < -0.39 is 9.84 Å². The van der Waals surface area contributed by atoms with E-state index in [0.717, 1.165) is 37.2 Å². The highest BCUT2D eigenvalue weighted by Crippen LogP contribution is 2.23. The number of likely N-dealkylation sites (tertiary alicyclic amines) is 1. The van der Waals surface area contributed by atoms with E-state index in [4.69, 9.17) is 5.26 Å². The molecule has 10 heteroatoms. The van der Waals surface area contributed by atoms with Crippen LogP contribution < -0.4 is 10.6 Å². The van der Waals surface area contributed by atoms with Gasteiger partial charge >= 0.3 is 0 Å². The van der Waals surface area contributed by atoms with Crippen LogP contribution in [-0.4, -0.2) is 43.3 Å². The first kappa shape index (κ1) is 23.9. The molecule has 1 aliphatic heterocycles. The zero-order chi connectivity index (χ0) is 24.7. The summed E-state index contributed by atoms with van der Waals surface area (Å²) >= 11 is 0. The summed E-state index contributed by atoms with van der Waals surface area (Å²) in [5.74, 6) is 0.194. The van der Waals surface area contributed by atoms with Crippen molar-refractivity contribution in [1.82, 2.24) is 15.2 Å². The van der Waals surface area contributed by atoms with Crippen molar-refractivity contribution in [2.75, 3.05) is 18.4 Å². The van der Waals surface area contributed by atoms with Crippen LogP contribution in [0.2, 0.25) is 0 Å².